The largest absolute Gasteiger partial charge is 0.329 e. The molecule has 1 aromatic heterocycles. The summed E-state index contributed by atoms with van der Waals surface area (Å²) in [6.07, 6.45) is 2.59. The smallest absolute Gasteiger partial charge is 0.0488 e. The zero-order chi connectivity index (χ0) is 14.8. The Hall–Kier alpha value is -0.680. The van der Waals surface area contributed by atoms with Gasteiger partial charge in [0.25, 0.3) is 0 Å². The molecule has 1 aliphatic rings. The van der Waals surface area contributed by atoms with Crippen LogP contribution < -0.4 is 5.73 Å². The number of thiophene rings is 1. The van der Waals surface area contributed by atoms with E-state index in [4.69, 9.17) is 5.73 Å². The first kappa shape index (κ1) is 15.2. The van der Waals surface area contributed by atoms with Gasteiger partial charge in [0.2, 0.25) is 0 Å². The van der Waals surface area contributed by atoms with E-state index in [0.717, 1.165) is 6.54 Å². The maximum absolute atomic E-state index is 6.15. The van der Waals surface area contributed by atoms with Gasteiger partial charge in [0.1, 0.15) is 0 Å². The number of rotatable bonds is 6. The lowest BCUT2D eigenvalue weighted by atomic mass is 10.0. The molecule has 0 bridgehead atoms. The first-order valence-corrected chi connectivity index (χ1v) is 9.15. The molecule has 1 fully saturated rings. The van der Waals surface area contributed by atoms with Crippen molar-refractivity contribution in [2.24, 2.45) is 5.73 Å². The van der Waals surface area contributed by atoms with E-state index in [2.05, 4.69) is 62.8 Å². The number of halogens is 1. The van der Waals surface area contributed by atoms with Crippen molar-refractivity contribution in [2.45, 2.75) is 38.4 Å². The lowest BCUT2D eigenvalue weighted by molar-refractivity contribution is 0.181. The monoisotopic (exact) mass is 364 g/mol. The van der Waals surface area contributed by atoms with E-state index < -0.39 is 0 Å². The van der Waals surface area contributed by atoms with E-state index in [-0.39, 0.29) is 6.04 Å². The number of nitrogens with zero attached hydrogens (tertiary/aromatic N) is 1. The van der Waals surface area contributed by atoms with Gasteiger partial charge in [-0.05, 0) is 59.3 Å². The van der Waals surface area contributed by atoms with Crippen molar-refractivity contribution in [3.8, 4) is 0 Å². The molecule has 21 heavy (non-hydrogen) atoms. The highest BCUT2D eigenvalue weighted by atomic mass is 79.9. The lowest BCUT2D eigenvalue weighted by Crippen LogP contribution is -2.35. The second kappa shape index (κ2) is 6.61. The SMILES string of the molecule is Cc1ccc(C(CN)N(Cc2ccsc2)C2CC2)c(Br)c1. The van der Waals surface area contributed by atoms with Crippen LogP contribution in [0.2, 0.25) is 0 Å². The summed E-state index contributed by atoms with van der Waals surface area (Å²) in [6, 6.07) is 9.78. The molecule has 1 aromatic carbocycles. The lowest BCUT2D eigenvalue weighted by Gasteiger charge is -2.32. The Morgan fingerprint density at radius 1 is 1.38 bits per heavy atom. The van der Waals surface area contributed by atoms with Gasteiger partial charge in [0.15, 0.2) is 0 Å². The predicted octanol–water partition coefficient (Wildman–Crippen LogP) is 4.48. The van der Waals surface area contributed by atoms with Crippen molar-refractivity contribution in [2.75, 3.05) is 6.54 Å². The summed E-state index contributed by atoms with van der Waals surface area (Å²) < 4.78 is 1.17. The van der Waals surface area contributed by atoms with Crippen molar-refractivity contribution in [1.82, 2.24) is 4.90 Å². The molecule has 1 atom stereocenters. The predicted molar refractivity (Wildman–Crippen MR) is 93.6 cm³/mol. The van der Waals surface area contributed by atoms with Crippen LogP contribution in [0.5, 0.6) is 0 Å². The second-order valence-electron chi connectivity index (χ2n) is 5.81. The van der Waals surface area contributed by atoms with Crippen molar-refractivity contribution in [3.05, 3.63) is 56.2 Å². The minimum absolute atomic E-state index is 0.285. The van der Waals surface area contributed by atoms with Crippen LogP contribution in [0.15, 0.2) is 39.5 Å². The van der Waals surface area contributed by atoms with E-state index in [1.54, 1.807) is 11.3 Å². The molecule has 2 aromatic rings. The molecular formula is C17H21BrN2S. The van der Waals surface area contributed by atoms with E-state index in [9.17, 15) is 0 Å². The molecular weight excluding hydrogens is 344 g/mol. The van der Waals surface area contributed by atoms with E-state index in [0.29, 0.717) is 12.6 Å². The van der Waals surface area contributed by atoms with Gasteiger partial charge in [-0.15, -0.1) is 0 Å². The van der Waals surface area contributed by atoms with Crippen molar-refractivity contribution in [1.29, 1.82) is 0 Å². The normalized spacial score (nSPS) is 16.4. The summed E-state index contributed by atoms with van der Waals surface area (Å²) in [7, 11) is 0. The van der Waals surface area contributed by atoms with Crippen molar-refractivity contribution < 1.29 is 0 Å². The van der Waals surface area contributed by atoms with Crippen molar-refractivity contribution in [3.63, 3.8) is 0 Å². The van der Waals surface area contributed by atoms with Crippen LogP contribution in [-0.4, -0.2) is 17.5 Å². The summed E-state index contributed by atoms with van der Waals surface area (Å²) >= 11 is 5.49. The Morgan fingerprint density at radius 3 is 2.76 bits per heavy atom. The molecule has 0 saturated heterocycles. The number of benzene rings is 1. The molecule has 0 radical (unpaired) electrons. The van der Waals surface area contributed by atoms with Crippen molar-refractivity contribution >= 4 is 27.3 Å². The zero-order valence-corrected chi connectivity index (χ0v) is 14.7. The Labute approximate surface area is 139 Å². The highest BCUT2D eigenvalue weighted by Crippen LogP contribution is 2.38. The topological polar surface area (TPSA) is 29.3 Å². The summed E-state index contributed by atoms with van der Waals surface area (Å²) in [4.78, 5) is 2.58. The maximum atomic E-state index is 6.15. The van der Waals surface area contributed by atoms with Crippen LogP contribution in [-0.2, 0) is 6.54 Å². The highest BCUT2D eigenvalue weighted by molar-refractivity contribution is 9.10. The van der Waals surface area contributed by atoms with Gasteiger partial charge >= 0.3 is 0 Å². The fourth-order valence-corrected chi connectivity index (χ4v) is 4.25. The molecule has 0 amide bonds. The van der Waals surface area contributed by atoms with Crippen LogP contribution >= 0.6 is 27.3 Å². The zero-order valence-electron chi connectivity index (χ0n) is 12.3. The molecule has 1 aliphatic carbocycles. The van der Waals surface area contributed by atoms with E-state index in [1.165, 1.54) is 34.0 Å². The Bertz CT molecular complexity index is 593. The fraction of sp³-hybridized carbons (Fsp3) is 0.412. The quantitative estimate of drug-likeness (QED) is 0.818. The molecule has 2 N–H and O–H groups in total. The molecule has 1 saturated carbocycles. The average Bonchev–Trinajstić information content (AvgIpc) is 3.18. The Morgan fingerprint density at radius 2 is 2.19 bits per heavy atom. The molecule has 3 rings (SSSR count). The molecule has 0 spiro atoms. The summed E-state index contributed by atoms with van der Waals surface area (Å²) in [6.45, 7) is 3.77. The maximum Gasteiger partial charge on any atom is 0.0488 e. The van der Waals surface area contributed by atoms with Gasteiger partial charge < -0.3 is 5.73 Å². The highest BCUT2D eigenvalue weighted by Gasteiger charge is 2.34. The van der Waals surface area contributed by atoms with E-state index >= 15 is 0 Å². The molecule has 4 heteroatoms. The molecule has 2 nitrogen and oxygen atoms in total. The third-order valence-corrected chi connectivity index (χ3v) is 5.52. The van der Waals surface area contributed by atoms with Crippen LogP contribution in [0.3, 0.4) is 0 Å². The minimum Gasteiger partial charge on any atom is -0.329 e. The fourth-order valence-electron chi connectivity index (χ4n) is 2.84. The standard InChI is InChI=1S/C17H21BrN2S/c1-12-2-5-15(16(18)8-12)17(9-19)20(14-3-4-14)10-13-6-7-21-11-13/h2,5-8,11,14,17H,3-4,9-10,19H2,1H3. The van der Waals surface area contributed by atoms with Crippen LogP contribution in [0.4, 0.5) is 0 Å². The summed E-state index contributed by atoms with van der Waals surface area (Å²) in [5, 5.41) is 4.40. The van der Waals surface area contributed by atoms with Gasteiger partial charge in [-0.25, -0.2) is 0 Å². The van der Waals surface area contributed by atoms with Crippen LogP contribution in [0.25, 0.3) is 0 Å². The summed E-state index contributed by atoms with van der Waals surface area (Å²) in [5.74, 6) is 0. The van der Waals surface area contributed by atoms with Gasteiger partial charge in [0, 0.05) is 29.6 Å². The number of nitrogens with two attached hydrogens (primary N) is 1. The Balaban J connectivity index is 1.88. The van der Waals surface area contributed by atoms with Crippen LogP contribution in [0, 0.1) is 6.92 Å². The number of hydrogen-bond donors (Lipinski definition) is 1. The third-order valence-electron chi connectivity index (χ3n) is 4.10. The minimum atomic E-state index is 0.285. The second-order valence-corrected chi connectivity index (χ2v) is 7.45. The molecule has 112 valence electrons. The molecule has 1 unspecified atom stereocenters. The summed E-state index contributed by atoms with van der Waals surface area (Å²) in [5.41, 5.74) is 10.1. The first-order chi connectivity index (χ1) is 10.2. The van der Waals surface area contributed by atoms with E-state index in [1.807, 2.05) is 0 Å². The third kappa shape index (κ3) is 3.57. The Kier molecular flexibility index (Phi) is 4.79. The first-order valence-electron chi connectivity index (χ1n) is 7.42. The molecule has 0 aliphatic heterocycles. The van der Waals surface area contributed by atoms with Gasteiger partial charge in [-0.1, -0.05) is 28.1 Å². The van der Waals surface area contributed by atoms with Gasteiger partial charge in [0.05, 0.1) is 0 Å². The van der Waals surface area contributed by atoms with Gasteiger partial charge in [-0.3, -0.25) is 4.90 Å². The average molecular weight is 365 g/mol. The number of aryl methyl sites for hydroxylation is 1. The van der Waals surface area contributed by atoms with Gasteiger partial charge in [-0.2, -0.15) is 11.3 Å². The number of hydrogen-bond acceptors (Lipinski definition) is 3. The molecule has 1 heterocycles. The van der Waals surface area contributed by atoms with Crippen LogP contribution in [0.1, 0.15) is 35.6 Å².